The summed E-state index contributed by atoms with van der Waals surface area (Å²) in [5.74, 6) is 0.744. The van der Waals surface area contributed by atoms with Crippen molar-refractivity contribution in [2.45, 2.75) is 52.7 Å². The SMILES string of the molecule is CC(C)c1nc(C(C)C)c(COc2ccc(-c3ccccc3)cc2)c(-c2ccc(F)cc2)c1CO. The molecule has 4 aromatic rings. The normalized spacial score (nSPS) is 11.3. The van der Waals surface area contributed by atoms with Crippen LogP contribution in [0.4, 0.5) is 4.39 Å². The number of hydrogen-bond acceptors (Lipinski definition) is 3. The number of pyridine rings is 1. The van der Waals surface area contributed by atoms with Gasteiger partial charge in [-0.2, -0.15) is 0 Å². The lowest BCUT2D eigenvalue weighted by atomic mass is 9.87. The molecule has 35 heavy (non-hydrogen) atoms. The van der Waals surface area contributed by atoms with E-state index in [-0.39, 0.29) is 24.3 Å². The second-order valence-electron chi connectivity index (χ2n) is 9.37. The number of benzene rings is 3. The Morgan fingerprint density at radius 3 is 1.83 bits per heavy atom. The van der Waals surface area contributed by atoms with Crippen molar-refractivity contribution in [3.63, 3.8) is 0 Å². The topological polar surface area (TPSA) is 42.4 Å². The molecule has 0 amide bonds. The van der Waals surface area contributed by atoms with Crippen LogP contribution in [-0.4, -0.2) is 10.1 Å². The summed E-state index contributed by atoms with van der Waals surface area (Å²) in [4.78, 5) is 5.00. The van der Waals surface area contributed by atoms with E-state index in [1.165, 1.54) is 12.1 Å². The highest BCUT2D eigenvalue weighted by Crippen LogP contribution is 2.37. The van der Waals surface area contributed by atoms with Crippen LogP contribution in [0.1, 0.15) is 62.0 Å². The average molecular weight is 470 g/mol. The van der Waals surface area contributed by atoms with Gasteiger partial charge in [0.25, 0.3) is 0 Å². The van der Waals surface area contributed by atoms with Crippen LogP contribution in [0, 0.1) is 5.82 Å². The zero-order valence-electron chi connectivity index (χ0n) is 20.8. The molecule has 0 aliphatic carbocycles. The van der Waals surface area contributed by atoms with E-state index in [9.17, 15) is 9.50 Å². The van der Waals surface area contributed by atoms with Gasteiger partial charge < -0.3 is 9.84 Å². The Hall–Kier alpha value is -3.50. The Kier molecular flexibility index (Phi) is 7.62. The highest BCUT2D eigenvalue weighted by atomic mass is 19.1. The fourth-order valence-electron chi connectivity index (χ4n) is 4.46. The summed E-state index contributed by atoms with van der Waals surface area (Å²) in [6, 6.07) is 24.7. The highest BCUT2D eigenvalue weighted by molar-refractivity contribution is 5.73. The van der Waals surface area contributed by atoms with Crippen LogP contribution in [0.15, 0.2) is 78.9 Å². The predicted molar refractivity (Wildman–Crippen MR) is 140 cm³/mol. The number of aromatic nitrogens is 1. The molecular formula is C31H32FNO2. The number of rotatable bonds is 8. The van der Waals surface area contributed by atoms with Crippen molar-refractivity contribution < 1.29 is 14.2 Å². The van der Waals surface area contributed by atoms with Crippen molar-refractivity contribution in [1.29, 1.82) is 0 Å². The molecule has 1 heterocycles. The van der Waals surface area contributed by atoms with E-state index in [0.29, 0.717) is 6.61 Å². The zero-order valence-corrected chi connectivity index (χ0v) is 20.8. The smallest absolute Gasteiger partial charge is 0.123 e. The third kappa shape index (κ3) is 5.44. The van der Waals surface area contributed by atoms with E-state index in [1.54, 1.807) is 12.1 Å². The first-order chi connectivity index (χ1) is 16.9. The maximum absolute atomic E-state index is 13.7. The standard InChI is InChI=1S/C31H32FNO2/c1-20(2)30-27(18-34)29(24-10-14-25(32)15-11-24)28(31(33-30)21(3)4)19-35-26-16-12-23(13-17-26)22-8-6-5-7-9-22/h5-17,20-21,34H,18-19H2,1-4H3. The Morgan fingerprint density at radius 1 is 0.714 bits per heavy atom. The van der Waals surface area contributed by atoms with Crippen molar-refractivity contribution in [2.75, 3.05) is 0 Å². The van der Waals surface area contributed by atoms with Crippen molar-refractivity contribution in [3.8, 4) is 28.0 Å². The van der Waals surface area contributed by atoms with Gasteiger partial charge in [-0.05, 0) is 58.4 Å². The predicted octanol–water partition coefficient (Wildman–Crippen LogP) is 7.87. The zero-order chi connectivity index (χ0) is 24.9. The summed E-state index contributed by atoms with van der Waals surface area (Å²) in [5, 5.41) is 10.4. The second kappa shape index (κ2) is 10.8. The van der Waals surface area contributed by atoms with Gasteiger partial charge in [0.2, 0.25) is 0 Å². The van der Waals surface area contributed by atoms with Gasteiger partial charge in [-0.25, -0.2) is 4.39 Å². The third-order valence-corrected chi connectivity index (χ3v) is 6.19. The Bertz CT molecular complexity index is 1260. The summed E-state index contributed by atoms with van der Waals surface area (Å²) in [7, 11) is 0. The van der Waals surface area contributed by atoms with Gasteiger partial charge in [-0.3, -0.25) is 4.98 Å². The van der Waals surface area contributed by atoms with Crippen LogP contribution in [-0.2, 0) is 13.2 Å². The molecule has 0 radical (unpaired) electrons. The van der Waals surface area contributed by atoms with Crippen molar-refractivity contribution in [1.82, 2.24) is 4.98 Å². The number of aliphatic hydroxyl groups is 1. The molecule has 1 N–H and O–H groups in total. The molecule has 4 heteroatoms. The lowest BCUT2D eigenvalue weighted by molar-refractivity contribution is 0.278. The quantitative estimate of drug-likeness (QED) is 0.285. The molecule has 0 aliphatic rings. The van der Waals surface area contributed by atoms with Crippen LogP contribution in [0.3, 0.4) is 0 Å². The van der Waals surface area contributed by atoms with Crippen molar-refractivity contribution in [2.24, 2.45) is 0 Å². The molecular weight excluding hydrogens is 437 g/mol. The average Bonchev–Trinajstić information content (AvgIpc) is 2.87. The first-order valence-electron chi connectivity index (χ1n) is 12.1. The fourth-order valence-corrected chi connectivity index (χ4v) is 4.46. The molecule has 0 saturated carbocycles. The molecule has 0 saturated heterocycles. The second-order valence-corrected chi connectivity index (χ2v) is 9.37. The highest BCUT2D eigenvalue weighted by Gasteiger charge is 2.24. The summed E-state index contributed by atoms with van der Waals surface area (Å²) < 4.78 is 20.0. The van der Waals surface area contributed by atoms with Crippen LogP contribution < -0.4 is 4.74 Å². The molecule has 0 aliphatic heterocycles. The molecule has 4 rings (SSSR count). The van der Waals surface area contributed by atoms with E-state index >= 15 is 0 Å². The summed E-state index contributed by atoms with van der Waals surface area (Å²) >= 11 is 0. The number of nitrogens with zero attached hydrogens (tertiary/aromatic N) is 1. The molecule has 0 unspecified atom stereocenters. The first-order valence-corrected chi connectivity index (χ1v) is 12.1. The van der Waals surface area contributed by atoms with E-state index < -0.39 is 0 Å². The monoisotopic (exact) mass is 469 g/mol. The van der Waals surface area contributed by atoms with Crippen molar-refractivity contribution >= 4 is 0 Å². The largest absolute Gasteiger partial charge is 0.489 e. The molecule has 0 fully saturated rings. The summed E-state index contributed by atoms with van der Waals surface area (Å²) in [6.07, 6.45) is 0. The maximum Gasteiger partial charge on any atom is 0.123 e. The van der Waals surface area contributed by atoms with Gasteiger partial charge in [-0.1, -0.05) is 82.3 Å². The van der Waals surface area contributed by atoms with Crippen LogP contribution in [0.25, 0.3) is 22.3 Å². The van der Waals surface area contributed by atoms with Crippen LogP contribution in [0.2, 0.25) is 0 Å². The lowest BCUT2D eigenvalue weighted by Gasteiger charge is -2.24. The molecule has 0 atom stereocenters. The van der Waals surface area contributed by atoms with Crippen molar-refractivity contribution in [3.05, 3.63) is 107 Å². The number of aliphatic hydroxyl groups excluding tert-OH is 1. The molecule has 1 aromatic heterocycles. The van der Waals surface area contributed by atoms with Gasteiger partial charge in [0, 0.05) is 16.8 Å². The number of halogens is 1. The molecule has 0 bridgehead atoms. The van der Waals surface area contributed by atoms with Gasteiger partial charge in [0.15, 0.2) is 0 Å². The lowest BCUT2D eigenvalue weighted by Crippen LogP contribution is -2.14. The molecule has 3 aromatic carbocycles. The van der Waals surface area contributed by atoms with E-state index in [2.05, 4.69) is 39.8 Å². The first kappa shape index (κ1) is 24.6. The Morgan fingerprint density at radius 2 is 1.26 bits per heavy atom. The minimum Gasteiger partial charge on any atom is -0.489 e. The van der Waals surface area contributed by atoms with Gasteiger partial charge in [0.1, 0.15) is 18.2 Å². The fraction of sp³-hybridized carbons (Fsp3) is 0.258. The van der Waals surface area contributed by atoms with Gasteiger partial charge in [0.05, 0.1) is 12.3 Å². The number of hydrogen-bond donors (Lipinski definition) is 1. The van der Waals surface area contributed by atoms with Crippen LogP contribution >= 0.6 is 0 Å². The molecule has 0 spiro atoms. The maximum atomic E-state index is 13.7. The Balaban J connectivity index is 1.76. The van der Waals surface area contributed by atoms with Gasteiger partial charge in [-0.15, -0.1) is 0 Å². The van der Waals surface area contributed by atoms with E-state index in [4.69, 9.17) is 9.72 Å². The minimum atomic E-state index is -0.294. The summed E-state index contributed by atoms with van der Waals surface area (Å²) in [5.41, 5.74) is 7.51. The molecule has 3 nitrogen and oxygen atoms in total. The van der Waals surface area contributed by atoms with Gasteiger partial charge >= 0.3 is 0 Å². The molecule has 180 valence electrons. The minimum absolute atomic E-state index is 0.134. The third-order valence-electron chi connectivity index (χ3n) is 6.19. The van der Waals surface area contributed by atoms with E-state index in [0.717, 1.165) is 50.5 Å². The van der Waals surface area contributed by atoms with Crippen LogP contribution in [0.5, 0.6) is 5.75 Å². The summed E-state index contributed by atoms with van der Waals surface area (Å²) in [6.45, 7) is 8.51. The van der Waals surface area contributed by atoms with E-state index in [1.807, 2.05) is 42.5 Å². The Labute approximate surface area is 207 Å². The number of ether oxygens (including phenoxy) is 1.